The summed E-state index contributed by atoms with van der Waals surface area (Å²) >= 11 is 3.11. The van der Waals surface area contributed by atoms with E-state index in [1.54, 1.807) is 0 Å². The van der Waals surface area contributed by atoms with E-state index < -0.39 is 5.82 Å². The molecule has 0 bridgehead atoms. The van der Waals surface area contributed by atoms with Gasteiger partial charge in [-0.15, -0.1) is 0 Å². The molecule has 0 heterocycles. The lowest BCUT2D eigenvalue weighted by Crippen LogP contribution is -2.04. The van der Waals surface area contributed by atoms with Crippen molar-refractivity contribution in [1.82, 2.24) is 0 Å². The van der Waals surface area contributed by atoms with Gasteiger partial charge in [-0.1, -0.05) is 22.0 Å². The zero-order valence-electron chi connectivity index (χ0n) is 7.46. The standard InChI is InChI=1S/C10H10BrFO2/c11-4-3-10(14)8-5-7(6-13)1-2-9(8)12/h1-2,5,13H,3-4,6H2. The van der Waals surface area contributed by atoms with Gasteiger partial charge in [0.05, 0.1) is 12.2 Å². The lowest BCUT2D eigenvalue weighted by molar-refractivity contribution is 0.0986. The average molecular weight is 261 g/mol. The van der Waals surface area contributed by atoms with Crippen molar-refractivity contribution in [2.24, 2.45) is 0 Å². The maximum absolute atomic E-state index is 13.2. The minimum absolute atomic E-state index is 0.0519. The van der Waals surface area contributed by atoms with Crippen LogP contribution < -0.4 is 0 Å². The molecule has 0 aromatic heterocycles. The molecule has 0 unspecified atom stereocenters. The minimum Gasteiger partial charge on any atom is -0.392 e. The van der Waals surface area contributed by atoms with E-state index in [4.69, 9.17) is 5.11 Å². The van der Waals surface area contributed by atoms with Gasteiger partial charge in [-0.05, 0) is 17.7 Å². The van der Waals surface area contributed by atoms with E-state index in [1.165, 1.54) is 18.2 Å². The van der Waals surface area contributed by atoms with Crippen molar-refractivity contribution in [3.8, 4) is 0 Å². The fraction of sp³-hybridized carbons (Fsp3) is 0.300. The monoisotopic (exact) mass is 260 g/mol. The normalized spacial score (nSPS) is 10.2. The lowest BCUT2D eigenvalue weighted by atomic mass is 10.1. The first-order chi connectivity index (χ1) is 6.69. The van der Waals surface area contributed by atoms with E-state index in [2.05, 4.69) is 15.9 Å². The maximum Gasteiger partial charge on any atom is 0.166 e. The van der Waals surface area contributed by atoms with E-state index in [-0.39, 0.29) is 24.4 Å². The van der Waals surface area contributed by atoms with Crippen molar-refractivity contribution in [2.45, 2.75) is 13.0 Å². The predicted octanol–water partition coefficient (Wildman–Crippen LogP) is 2.29. The first-order valence-corrected chi connectivity index (χ1v) is 5.29. The van der Waals surface area contributed by atoms with Crippen molar-refractivity contribution in [3.05, 3.63) is 35.1 Å². The summed E-state index contributed by atoms with van der Waals surface area (Å²) in [5.74, 6) is -0.789. The molecule has 1 N–H and O–H groups in total. The molecule has 1 aromatic carbocycles. The molecular weight excluding hydrogens is 251 g/mol. The number of carbonyl (C=O) groups is 1. The Morgan fingerprint density at radius 2 is 2.21 bits per heavy atom. The molecule has 0 atom stereocenters. The minimum atomic E-state index is -0.534. The smallest absolute Gasteiger partial charge is 0.166 e. The number of hydrogen-bond donors (Lipinski definition) is 1. The largest absolute Gasteiger partial charge is 0.392 e. The summed E-state index contributed by atoms with van der Waals surface area (Å²) < 4.78 is 13.2. The van der Waals surface area contributed by atoms with Crippen LogP contribution in [0.5, 0.6) is 0 Å². The van der Waals surface area contributed by atoms with Crippen LogP contribution in [0.4, 0.5) is 4.39 Å². The molecule has 2 nitrogen and oxygen atoms in total. The Morgan fingerprint density at radius 1 is 1.50 bits per heavy atom. The van der Waals surface area contributed by atoms with Gasteiger partial charge in [0.15, 0.2) is 5.78 Å². The van der Waals surface area contributed by atoms with Crippen LogP contribution in [-0.4, -0.2) is 16.2 Å². The number of halogens is 2. The SMILES string of the molecule is O=C(CCBr)c1cc(CO)ccc1F. The Morgan fingerprint density at radius 3 is 2.79 bits per heavy atom. The third-order valence-corrected chi connectivity index (χ3v) is 2.23. The second-order valence-corrected chi connectivity index (χ2v) is 3.63. The number of Topliss-reactive ketones (excluding diaryl/α,β-unsaturated/α-hetero) is 1. The summed E-state index contributed by atoms with van der Waals surface area (Å²) in [6, 6.07) is 4.05. The molecule has 0 amide bonds. The van der Waals surface area contributed by atoms with Gasteiger partial charge in [0, 0.05) is 11.8 Å². The van der Waals surface area contributed by atoms with Gasteiger partial charge in [0.2, 0.25) is 0 Å². The van der Waals surface area contributed by atoms with E-state index in [0.717, 1.165) is 0 Å². The molecule has 0 saturated heterocycles. The third kappa shape index (κ3) is 2.62. The van der Waals surface area contributed by atoms with Gasteiger partial charge >= 0.3 is 0 Å². The summed E-state index contributed by atoms with van der Waals surface area (Å²) in [6.45, 7) is -0.186. The van der Waals surface area contributed by atoms with Crippen molar-refractivity contribution in [1.29, 1.82) is 0 Å². The fourth-order valence-electron chi connectivity index (χ4n) is 1.10. The summed E-state index contributed by atoms with van der Waals surface area (Å²) in [6.07, 6.45) is 0.256. The number of ketones is 1. The molecule has 0 radical (unpaired) electrons. The van der Waals surface area contributed by atoms with Crippen LogP contribution in [0.3, 0.4) is 0 Å². The molecule has 4 heteroatoms. The number of carbonyl (C=O) groups excluding carboxylic acids is 1. The van der Waals surface area contributed by atoms with Crippen LogP contribution in [0, 0.1) is 5.82 Å². The maximum atomic E-state index is 13.2. The number of benzene rings is 1. The summed E-state index contributed by atoms with van der Waals surface area (Å²) in [5.41, 5.74) is 0.598. The number of rotatable bonds is 4. The van der Waals surface area contributed by atoms with Gasteiger partial charge in [0.25, 0.3) is 0 Å². The Bertz CT molecular complexity index is 339. The van der Waals surface area contributed by atoms with E-state index in [1.807, 2.05) is 0 Å². The zero-order chi connectivity index (χ0) is 10.6. The highest BCUT2D eigenvalue weighted by molar-refractivity contribution is 9.09. The molecule has 0 saturated carbocycles. The second-order valence-electron chi connectivity index (χ2n) is 2.83. The van der Waals surface area contributed by atoms with E-state index in [0.29, 0.717) is 10.9 Å². The van der Waals surface area contributed by atoms with Gasteiger partial charge in [-0.3, -0.25) is 4.79 Å². The van der Waals surface area contributed by atoms with Crippen LogP contribution in [0.2, 0.25) is 0 Å². The summed E-state index contributed by atoms with van der Waals surface area (Å²) in [5, 5.41) is 9.33. The Labute approximate surface area is 89.9 Å². The number of aliphatic hydroxyl groups is 1. The first-order valence-electron chi connectivity index (χ1n) is 4.17. The van der Waals surface area contributed by atoms with Crippen LogP contribution in [-0.2, 0) is 6.61 Å². The number of alkyl halides is 1. The zero-order valence-corrected chi connectivity index (χ0v) is 9.05. The van der Waals surface area contributed by atoms with Crippen LogP contribution in [0.25, 0.3) is 0 Å². The highest BCUT2D eigenvalue weighted by Crippen LogP contribution is 2.13. The van der Waals surface area contributed by atoms with Gasteiger partial charge in [-0.25, -0.2) is 4.39 Å². The molecule has 0 spiro atoms. The molecule has 1 aromatic rings. The Balaban J connectivity index is 2.99. The number of aliphatic hydroxyl groups excluding tert-OH is 1. The lowest BCUT2D eigenvalue weighted by Gasteiger charge is -2.03. The number of hydrogen-bond acceptors (Lipinski definition) is 2. The first kappa shape index (κ1) is 11.3. The van der Waals surface area contributed by atoms with Crippen molar-refractivity contribution < 1.29 is 14.3 Å². The van der Waals surface area contributed by atoms with Crippen LogP contribution in [0.1, 0.15) is 22.3 Å². The van der Waals surface area contributed by atoms with Gasteiger partial charge < -0.3 is 5.11 Å². The molecule has 76 valence electrons. The highest BCUT2D eigenvalue weighted by Gasteiger charge is 2.11. The van der Waals surface area contributed by atoms with E-state index in [9.17, 15) is 9.18 Å². The molecule has 0 fully saturated rings. The molecular formula is C10H10BrFO2. The van der Waals surface area contributed by atoms with Crippen LogP contribution >= 0.6 is 15.9 Å². The molecule has 0 aliphatic heterocycles. The molecule has 1 rings (SSSR count). The average Bonchev–Trinajstić information content (AvgIpc) is 2.19. The summed E-state index contributed by atoms with van der Waals surface area (Å²) in [4.78, 5) is 11.4. The molecule has 14 heavy (non-hydrogen) atoms. The highest BCUT2D eigenvalue weighted by atomic mass is 79.9. The molecule has 0 aliphatic carbocycles. The fourth-order valence-corrected chi connectivity index (χ4v) is 1.47. The van der Waals surface area contributed by atoms with Crippen LogP contribution in [0.15, 0.2) is 18.2 Å². The second kappa shape index (κ2) is 5.22. The summed E-state index contributed by atoms with van der Waals surface area (Å²) in [7, 11) is 0. The third-order valence-electron chi connectivity index (χ3n) is 1.84. The Hall–Kier alpha value is -0.740. The topological polar surface area (TPSA) is 37.3 Å². The van der Waals surface area contributed by atoms with Crippen molar-refractivity contribution in [3.63, 3.8) is 0 Å². The van der Waals surface area contributed by atoms with Gasteiger partial charge in [0.1, 0.15) is 5.82 Å². The van der Waals surface area contributed by atoms with Gasteiger partial charge in [-0.2, -0.15) is 0 Å². The Kier molecular flexibility index (Phi) is 4.22. The molecule has 0 aliphatic rings. The quantitative estimate of drug-likeness (QED) is 0.667. The van der Waals surface area contributed by atoms with E-state index >= 15 is 0 Å². The predicted molar refractivity (Wildman–Crippen MR) is 55.1 cm³/mol. The van der Waals surface area contributed by atoms with Crippen molar-refractivity contribution in [2.75, 3.05) is 5.33 Å². The van der Waals surface area contributed by atoms with Crippen molar-refractivity contribution >= 4 is 21.7 Å².